The van der Waals surface area contributed by atoms with E-state index < -0.39 is 0 Å². The molecule has 0 aliphatic heterocycles. The van der Waals surface area contributed by atoms with Gasteiger partial charge in [0.05, 0.1) is 20.0 Å². The molecular formula is C24H20Cl2N4O3S. The van der Waals surface area contributed by atoms with E-state index in [-0.39, 0.29) is 11.7 Å². The van der Waals surface area contributed by atoms with Gasteiger partial charge in [0, 0.05) is 27.0 Å². The standard InChI is InChI=1S/C24H20Cl2N4O3S/c1-32-20-7-3-15(4-8-20)23-28-29-24(30(23)19-5-9-21(33-2)10-6-19)34-14-22(31)27-18-12-16(25)11-17(26)13-18/h3-13H,14H2,1-2H3,(H,27,31). The number of nitrogens with one attached hydrogen (secondary N) is 1. The van der Waals surface area contributed by atoms with E-state index in [9.17, 15) is 4.79 Å². The molecule has 0 spiro atoms. The lowest BCUT2D eigenvalue weighted by molar-refractivity contribution is -0.113. The maximum absolute atomic E-state index is 12.6. The third-order valence-electron chi connectivity index (χ3n) is 4.79. The summed E-state index contributed by atoms with van der Waals surface area (Å²) in [6.45, 7) is 0. The van der Waals surface area contributed by atoms with Crippen LogP contribution in [0.15, 0.2) is 71.9 Å². The van der Waals surface area contributed by atoms with Crippen molar-refractivity contribution >= 4 is 46.6 Å². The first kappa shape index (κ1) is 23.9. The van der Waals surface area contributed by atoms with E-state index in [4.69, 9.17) is 32.7 Å². The molecule has 174 valence electrons. The van der Waals surface area contributed by atoms with E-state index >= 15 is 0 Å². The highest BCUT2D eigenvalue weighted by atomic mass is 35.5. The van der Waals surface area contributed by atoms with Gasteiger partial charge in [0.25, 0.3) is 0 Å². The molecule has 0 aliphatic rings. The Bertz CT molecular complexity index is 1270. The Balaban J connectivity index is 1.60. The molecule has 1 amide bonds. The van der Waals surface area contributed by atoms with Gasteiger partial charge in [-0.3, -0.25) is 9.36 Å². The molecule has 34 heavy (non-hydrogen) atoms. The second-order valence-corrected chi connectivity index (χ2v) is 8.88. The topological polar surface area (TPSA) is 78.3 Å². The molecule has 0 aliphatic carbocycles. The van der Waals surface area contributed by atoms with Crippen molar-refractivity contribution in [3.8, 4) is 28.6 Å². The van der Waals surface area contributed by atoms with Crippen LogP contribution in [0.3, 0.4) is 0 Å². The Kier molecular flexibility index (Phi) is 7.62. The van der Waals surface area contributed by atoms with Crippen molar-refractivity contribution in [2.45, 2.75) is 5.16 Å². The van der Waals surface area contributed by atoms with Crippen molar-refractivity contribution in [3.63, 3.8) is 0 Å². The van der Waals surface area contributed by atoms with Crippen LogP contribution in [-0.4, -0.2) is 40.6 Å². The highest BCUT2D eigenvalue weighted by Gasteiger charge is 2.18. The van der Waals surface area contributed by atoms with Crippen LogP contribution in [-0.2, 0) is 4.79 Å². The van der Waals surface area contributed by atoms with E-state index in [0.29, 0.717) is 26.7 Å². The lowest BCUT2D eigenvalue weighted by atomic mass is 10.2. The maximum Gasteiger partial charge on any atom is 0.234 e. The average Bonchev–Trinajstić information content (AvgIpc) is 3.26. The zero-order valence-corrected chi connectivity index (χ0v) is 20.6. The summed E-state index contributed by atoms with van der Waals surface area (Å²) in [5.41, 5.74) is 2.22. The molecule has 0 saturated carbocycles. The molecule has 7 nitrogen and oxygen atoms in total. The summed E-state index contributed by atoms with van der Waals surface area (Å²) in [5.74, 6) is 2.00. The number of nitrogens with zero attached hydrogens (tertiary/aromatic N) is 3. The first-order chi connectivity index (χ1) is 16.5. The van der Waals surface area contributed by atoms with Crippen LogP contribution in [0.25, 0.3) is 17.1 Å². The SMILES string of the molecule is COc1ccc(-c2nnc(SCC(=O)Nc3cc(Cl)cc(Cl)c3)n2-c2ccc(OC)cc2)cc1. The fourth-order valence-electron chi connectivity index (χ4n) is 3.21. The number of benzene rings is 3. The predicted molar refractivity (Wildman–Crippen MR) is 136 cm³/mol. The molecule has 0 atom stereocenters. The minimum atomic E-state index is -0.224. The van der Waals surface area contributed by atoms with E-state index in [2.05, 4.69) is 15.5 Å². The molecule has 4 rings (SSSR count). The van der Waals surface area contributed by atoms with E-state index in [0.717, 1.165) is 22.7 Å². The summed E-state index contributed by atoms with van der Waals surface area (Å²) in [7, 11) is 3.23. The quantitative estimate of drug-likeness (QED) is 0.291. The van der Waals surface area contributed by atoms with Gasteiger partial charge in [-0.25, -0.2) is 0 Å². The second-order valence-electron chi connectivity index (χ2n) is 7.06. The molecular weight excluding hydrogens is 495 g/mol. The number of hydrogen-bond acceptors (Lipinski definition) is 6. The Morgan fingerprint density at radius 1 is 0.912 bits per heavy atom. The number of aromatic nitrogens is 3. The second kappa shape index (κ2) is 10.8. The van der Waals surface area contributed by atoms with E-state index in [1.165, 1.54) is 11.8 Å². The summed E-state index contributed by atoms with van der Waals surface area (Å²) in [6.07, 6.45) is 0. The van der Waals surface area contributed by atoms with Gasteiger partial charge < -0.3 is 14.8 Å². The van der Waals surface area contributed by atoms with Gasteiger partial charge >= 0.3 is 0 Å². The normalized spacial score (nSPS) is 10.7. The van der Waals surface area contributed by atoms with Crippen molar-refractivity contribution in [2.24, 2.45) is 0 Å². The zero-order chi connectivity index (χ0) is 24.1. The van der Waals surface area contributed by atoms with Gasteiger partial charge in [0.15, 0.2) is 11.0 Å². The van der Waals surface area contributed by atoms with Crippen molar-refractivity contribution in [1.82, 2.24) is 14.8 Å². The van der Waals surface area contributed by atoms with Gasteiger partial charge in [-0.1, -0.05) is 35.0 Å². The van der Waals surface area contributed by atoms with Gasteiger partial charge in [-0.15, -0.1) is 10.2 Å². The molecule has 1 N–H and O–H groups in total. The van der Waals surface area contributed by atoms with Crippen molar-refractivity contribution < 1.29 is 14.3 Å². The third-order valence-corrected chi connectivity index (χ3v) is 6.16. The Morgan fingerprint density at radius 2 is 1.50 bits per heavy atom. The number of rotatable bonds is 8. The van der Waals surface area contributed by atoms with Gasteiger partial charge in [0.2, 0.25) is 5.91 Å². The third kappa shape index (κ3) is 5.64. The van der Waals surface area contributed by atoms with E-state index in [1.807, 2.05) is 53.1 Å². The fraction of sp³-hybridized carbons (Fsp3) is 0.125. The maximum atomic E-state index is 12.6. The van der Waals surface area contributed by atoms with Crippen molar-refractivity contribution in [2.75, 3.05) is 25.3 Å². The highest BCUT2D eigenvalue weighted by Crippen LogP contribution is 2.30. The number of ether oxygens (including phenoxy) is 2. The number of anilines is 1. The predicted octanol–water partition coefficient (Wildman–Crippen LogP) is 5.99. The van der Waals surface area contributed by atoms with Gasteiger partial charge in [-0.05, 0) is 66.7 Å². The number of thioether (sulfide) groups is 1. The number of halogens is 2. The van der Waals surface area contributed by atoms with E-state index in [1.54, 1.807) is 32.4 Å². The molecule has 1 aromatic heterocycles. The minimum Gasteiger partial charge on any atom is -0.497 e. The Hall–Kier alpha value is -3.20. The van der Waals surface area contributed by atoms with Crippen molar-refractivity contribution in [1.29, 1.82) is 0 Å². The number of amides is 1. The highest BCUT2D eigenvalue weighted by molar-refractivity contribution is 7.99. The number of hydrogen-bond donors (Lipinski definition) is 1. The summed E-state index contributed by atoms with van der Waals surface area (Å²) in [6, 6.07) is 20.0. The first-order valence-corrected chi connectivity index (χ1v) is 11.8. The Labute approximate surface area is 211 Å². The molecule has 0 unspecified atom stereocenters. The number of methoxy groups -OCH3 is 2. The van der Waals surface area contributed by atoms with Gasteiger partial charge in [-0.2, -0.15) is 0 Å². The Morgan fingerprint density at radius 3 is 2.09 bits per heavy atom. The fourth-order valence-corrected chi connectivity index (χ4v) is 4.49. The first-order valence-electron chi connectivity index (χ1n) is 10.1. The minimum absolute atomic E-state index is 0.112. The zero-order valence-electron chi connectivity index (χ0n) is 18.3. The monoisotopic (exact) mass is 514 g/mol. The van der Waals surface area contributed by atoms with Gasteiger partial charge in [0.1, 0.15) is 11.5 Å². The molecule has 4 aromatic rings. The van der Waals surface area contributed by atoms with Crippen LogP contribution in [0, 0.1) is 0 Å². The van der Waals surface area contributed by atoms with Crippen LogP contribution >= 0.6 is 35.0 Å². The summed E-state index contributed by atoms with van der Waals surface area (Å²) < 4.78 is 12.4. The lowest BCUT2D eigenvalue weighted by Crippen LogP contribution is -2.14. The molecule has 0 radical (unpaired) electrons. The summed E-state index contributed by atoms with van der Waals surface area (Å²) in [4.78, 5) is 12.6. The number of carbonyl (C=O) groups excluding carboxylic acids is 1. The van der Waals surface area contributed by atoms with Crippen LogP contribution in [0.4, 0.5) is 5.69 Å². The smallest absolute Gasteiger partial charge is 0.234 e. The summed E-state index contributed by atoms with van der Waals surface area (Å²) >= 11 is 13.3. The molecule has 0 saturated heterocycles. The van der Waals surface area contributed by atoms with Crippen molar-refractivity contribution in [3.05, 3.63) is 76.8 Å². The lowest BCUT2D eigenvalue weighted by Gasteiger charge is -2.12. The van der Waals surface area contributed by atoms with Crippen LogP contribution in [0.5, 0.6) is 11.5 Å². The largest absolute Gasteiger partial charge is 0.497 e. The molecule has 10 heteroatoms. The van der Waals surface area contributed by atoms with Crippen LogP contribution in [0.1, 0.15) is 0 Å². The molecule has 0 bridgehead atoms. The molecule has 1 heterocycles. The van der Waals surface area contributed by atoms with Crippen LogP contribution in [0.2, 0.25) is 10.0 Å². The average molecular weight is 515 g/mol. The summed E-state index contributed by atoms with van der Waals surface area (Å²) in [5, 5.41) is 13.0. The molecule has 3 aromatic carbocycles. The number of carbonyl (C=O) groups is 1. The van der Waals surface area contributed by atoms with Crippen LogP contribution < -0.4 is 14.8 Å². The molecule has 0 fully saturated rings.